The van der Waals surface area contributed by atoms with Gasteiger partial charge in [-0.2, -0.15) is 13.5 Å². The lowest BCUT2D eigenvalue weighted by molar-refractivity contribution is 0.596. The summed E-state index contributed by atoms with van der Waals surface area (Å²) >= 11 is 0. The molecule has 0 aromatic carbocycles. The highest BCUT2D eigenvalue weighted by Crippen LogP contribution is 2.19. The van der Waals surface area contributed by atoms with Crippen molar-refractivity contribution >= 4 is 15.8 Å². The van der Waals surface area contributed by atoms with E-state index < -0.39 is 10.0 Å². The molecule has 0 bridgehead atoms. The molecule has 1 aliphatic carbocycles. The molecule has 3 rings (SSSR count). The Labute approximate surface area is 123 Å². The third kappa shape index (κ3) is 3.59. The van der Waals surface area contributed by atoms with Gasteiger partial charge in [-0.1, -0.05) is 6.07 Å². The quantitative estimate of drug-likeness (QED) is 0.826. The molecule has 112 valence electrons. The van der Waals surface area contributed by atoms with Crippen molar-refractivity contribution in [3.63, 3.8) is 0 Å². The number of hydrogen-bond donors (Lipinski definition) is 2. The molecule has 2 aromatic heterocycles. The van der Waals surface area contributed by atoms with Gasteiger partial charge in [-0.3, -0.25) is 9.40 Å². The first-order valence-corrected chi connectivity index (χ1v) is 8.22. The van der Waals surface area contributed by atoms with Crippen LogP contribution in [0.2, 0.25) is 0 Å². The molecule has 0 saturated heterocycles. The van der Waals surface area contributed by atoms with Gasteiger partial charge in [0.2, 0.25) is 0 Å². The van der Waals surface area contributed by atoms with Crippen molar-refractivity contribution in [3.8, 4) is 0 Å². The first-order chi connectivity index (χ1) is 10.0. The number of aryl methyl sites for hydroxylation is 1. The Balaban J connectivity index is 1.69. The van der Waals surface area contributed by atoms with E-state index in [2.05, 4.69) is 20.1 Å². The van der Waals surface area contributed by atoms with Gasteiger partial charge in [-0.15, -0.1) is 0 Å². The van der Waals surface area contributed by atoms with Crippen LogP contribution in [0.1, 0.15) is 18.4 Å². The lowest BCUT2D eigenvalue weighted by Gasteiger charge is -2.06. The average molecular weight is 307 g/mol. The Morgan fingerprint density at radius 1 is 1.33 bits per heavy atom. The number of anilines is 1. The van der Waals surface area contributed by atoms with E-state index in [4.69, 9.17) is 0 Å². The molecule has 7 nitrogen and oxygen atoms in total. The summed E-state index contributed by atoms with van der Waals surface area (Å²) in [5.74, 6) is 0.277. The fourth-order valence-corrected chi connectivity index (χ4v) is 2.81. The lowest BCUT2D eigenvalue weighted by Crippen LogP contribution is -2.17. The fraction of sp³-hybridized carbons (Fsp3) is 0.385. The van der Waals surface area contributed by atoms with Crippen LogP contribution in [0, 0.1) is 0 Å². The molecule has 0 unspecified atom stereocenters. The molecule has 0 radical (unpaired) electrons. The number of sulfonamides is 1. The molecule has 1 aliphatic rings. The summed E-state index contributed by atoms with van der Waals surface area (Å²) in [5.41, 5.74) is 0.971. The number of rotatable bonds is 6. The summed E-state index contributed by atoms with van der Waals surface area (Å²) < 4.78 is 28.2. The molecule has 8 heteroatoms. The predicted octanol–water partition coefficient (Wildman–Crippen LogP) is 0.868. The average Bonchev–Trinajstić information content (AvgIpc) is 3.20. The maximum absolute atomic E-state index is 12.2. The second-order valence-electron chi connectivity index (χ2n) is 5.14. The monoisotopic (exact) mass is 307 g/mol. The molecular weight excluding hydrogens is 290 g/mol. The maximum atomic E-state index is 12.2. The summed E-state index contributed by atoms with van der Waals surface area (Å²) in [6.07, 6.45) is 5.68. The minimum absolute atomic E-state index is 0.0108. The van der Waals surface area contributed by atoms with Crippen LogP contribution in [0.25, 0.3) is 0 Å². The Morgan fingerprint density at radius 3 is 2.71 bits per heavy atom. The molecule has 2 N–H and O–H groups in total. The van der Waals surface area contributed by atoms with Gasteiger partial charge in [0.25, 0.3) is 10.0 Å². The van der Waals surface area contributed by atoms with Crippen molar-refractivity contribution in [3.05, 3.63) is 36.2 Å². The van der Waals surface area contributed by atoms with Gasteiger partial charge in [-0.05, 0) is 24.5 Å². The van der Waals surface area contributed by atoms with E-state index in [9.17, 15) is 8.42 Å². The van der Waals surface area contributed by atoms with Crippen LogP contribution in [-0.4, -0.2) is 29.2 Å². The Hall–Kier alpha value is -1.93. The van der Waals surface area contributed by atoms with Crippen molar-refractivity contribution in [1.29, 1.82) is 0 Å². The van der Waals surface area contributed by atoms with Gasteiger partial charge in [0.15, 0.2) is 10.8 Å². The van der Waals surface area contributed by atoms with Crippen LogP contribution < -0.4 is 10.0 Å². The number of aromatic nitrogens is 3. The van der Waals surface area contributed by atoms with Crippen molar-refractivity contribution in [2.75, 3.05) is 4.72 Å². The van der Waals surface area contributed by atoms with Crippen LogP contribution >= 0.6 is 0 Å². The molecule has 2 aromatic rings. The van der Waals surface area contributed by atoms with E-state index >= 15 is 0 Å². The van der Waals surface area contributed by atoms with Gasteiger partial charge in [0, 0.05) is 38.1 Å². The fourth-order valence-electron chi connectivity index (χ4n) is 1.88. The number of pyridine rings is 1. The summed E-state index contributed by atoms with van der Waals surface area (Å²) in [6, 6.07) is 5.48. The Bertz CT molecular complexity index is 719. The van der Waals surface area contributed by atoms with Crippen LogP contribution in [0.15, 0.2) is 35.6 Å². The van der Waals surface area contributed by atoms with E-state index in [1.54, 1.807) is 31.6 Å². The number of nitrogens with one attached hydrogen (secondary N) is 2. The number of nitrogens with zero attached hydrogens (tertiary/aromatic N) is 3. The molecular formula is C13H17N5O2S. The van der Waals surface area contributed by atoms with E-state index in [1.807, 2.05) is 0 Å². The highest BCUT2D eigenvalue weighted by Gasteiger charge is 2.20. The minimum atomic E-state index is -3.69. The second kappa shape index (κ2) is 5.45. The van der Waals surface area contributed by atoms with Gasteiger partial charge in [0.1, 0.15) is 0 Å². The summed E-state index contributed by atoms with van der Waals surface area (Å²) in [5, 5.41) is 7.33. The van der Waals surface area contributed by atoms with E-state index in [1.165, 1.54) is 23.6 Å². The molecule has 0 atom stereocenters. The van der Waals surface area contributed by atoms with Crippen LogP contribution in [0.3, 0.4) is 0 Å². The normalized spacial score (nSPS) is 15.1. The van der Waals surface area contributed by atoms with Crippen molar-refractivity contribution < 1.29 is 8.42 Å². The number of hydrogen-bond acceptors (Lipinski definition) is 5. The summed E-state index contributed by atoms with van der Waals surface area (Å²) in [4.78, 5) is 4.03. The molecule has 0 amide bonds. The zero-order valence-corrected chi connectivity index (χ0v) is 12.5. The second-order valence-corrected chi connectivity index (χ2v) is 6.77. The minimum Gasteiger partial charge on any atom is -0.310 e. The predicted molar refractivity (Wildman–Crippen MR) is 78.1 cm³/mol. The topological polar surface area (TPSA) is 88.9 Å². The molecule has 1 fully saturated rings. The highest BCUT2D eigenvalue weighted by atomic mass is 32.2. The van der Waals surface area contributed by atoms with Gasteiger partial charge < -0.3 is 5.32 Å². The molecule has 0 aliphatic heterocycles. The SMILES string of the molecule is Cn1ccc(NS(=O)(=O)c2ccc(CNC3CC3)cn2)n1. The van der Waals surface area contributed by atoms with Crippen molar-refractivity contribution in [1.82, 2.24) is 20.1 Å². The Morgan fingerprint density at radius 2 is 2.14 bits per heavy atom. The smallest absolute Gasteiger partial charge is 0.280 e. The molecule has 0 spiro atoms. The van der Waals surface area contributed by atoms with E-state index in [0.29, 0.717) is 12.6 Å². The first-order valence-electron chi connectivity index (χ1n) is 6.74. The van der Waals surface area contributed by atoms with Gasteiger partial charge >= 0.3 is 0 Å². The van der Waals surface area contributed by atoms with E-state index in [0.717, 1.165) is 5.56 Å². The summed E-state index contributed by atoms with van der Waals surface area (Å²) in [7, 11) is -1.97. The Kier molecular flexibility index (Phi) is 3.64. The largest absolute Gasteiger partial charge is 0.310 e. The maximum Gasteiger partial charge on any atom is 0.280 e. The first kappa shape index (κ1) is 14.0. The van der Waals surface area contributed by atoms with Crippen LogP contribution in [-0.2, 0) is 23.6 Å². The van der Waals surface area contributed by atoms with Gasteiger partial charge in [-0.25, -0.2) is 4.98 Å². The molecule has 1 saturated carbocycles. The molecule has 2 heterocycles. The van der Waals surface area contributed by atoms with Crippen molar-refractivity contribution in [2.24, 2.45) is 7.05 Å². The third-order valence-corrected chi connectivity index (χ3v) is 4.47. The zero-order valence-electron chi connectivity index (χ0n) is 11.7. The third-order valence-electron chi connectivity index (χ3n) is 3.20. The van der Waals surface area contributed by atoms with Crippen molar-refractivity contribution in [2.45, 2.75) is 30.5 Å². The standard InChI is InChI=1S/C13H17N5O2S/c1-18-7-6-12(16-18)17-21(19,20)13-5-2-10(9-15-13)8-14-11-3-4-11/h2,5-7,9,11,14H,3-4,8H2,1H3,(H,16,17). The molecule has 21 heavy (non-hydrogen) atoms. The zero-order chi connectivity index (χ0) is 14.9. The van der Waals surface area contributed by atoms with Crippen LogP contribution in [0.5, 0.6) is 0 Å². The van der Waals surface area contributed by atoms with Gasteiger partial charge in [0.05, 0.1) is 0 Å². The summed E-state index contributed by atoms with van der Waals surface area (Å²) in [6.45, 7) is 0.714. The van der Waals surface area contributed by atoms with E-state index in [-0.39, 0.29) is 10.8 Å². The lowest BCUT2D eigenvalue weighted by atomic mass is 10.3. The highest BCUT2D eigenvalue weighted by molar-refractivity contribution is 7.92. The van der Waals surface area contributed by atoms with Crippen LogP contribution in [0.4, 0.5) is 5.82 Å².